The highest BCUT2D eigenvalue weighted by Crippen LogP contribution is 2.22. The smallest absolute Gasteiger partial charge is 0.246 e. The maximum Gasteiger partial charge on any atom is 0.246 e. The fourth-order valence-electron chi connectivity index (χ4n) is 2.65. The lowest BCUT2D eigenvalue weighted by Crippen LogP contribution is -2.65. The molecule has 2 amide bonds. The summed E-state index contributed by atoms with van der Waals surface area (Å²) in [5.41, 5.74) is 0. The molecule has 1 rings (SSSR count). The van der Waals surface area contributed by atoms with E-state index in [0.29, 0.717) is 12.5 Å². The highest BCUT2D eigenvalue weighted by atomic mass is 16.2. The highest BCUT2D eigenvalue weighted by Gasteiger charge is 2.41. The summed E-state index contributed by atoms with van der Waals surface area (Å²) in [6.07, 6.45) is 3.59. The van der Waals surface area contributed by atoms with Crippen LogP contribution in [-0.2, 0) is 9.59 Å². The van der Waals surface area contributed by atoms with Crippen molar-refractivity contribution < 1.29 is 9.59 Å². The van der Waals surface area contributed by atoms with Crippen LogP contribution in [0.3, 0.4) is 0 Å². The first kappa shape index (κ1) is 17.0. The quantitative estimate of drug-likeness (QED) is 0.780. The van der Waals surface area contributed by atoms with Gasteiger partial charge < -0.3 is 10.2 Å². The summed E-state index contributed by atoms with van der Waals surface area (Å²) in [6.45, 7) is 11.1. The molecule has 0 bridgehead atoms. The molecule has 0 radical (unpaired) electrons. The molecule has 20 heavy (non-hydrogen) atoms. The lowest BCUT2D eigenvalue weighted by atomic mass is 9.92. The summed E-state index contributed by atoms with van der Waals surface area (Å²) >= 11 is 0. The summed E-state index contributed by atoms with van der Waals surface area (Å²) in [5, 5.41) is 2.94. The van der Waals surface area contributed by atoms with Crippen molar-refractivity contribution >= 4 is 11.8 Å². The molecule has 4 unspecified atom stereocenters. The summed E-state index contributed by atoms with van der Waals surface area (Å²) in [5.74, 6) is 0.757. The van der Waals surface area contributed by atoms with E-state index >= 15 is 0 Å². The molecule has 1 aliphatic heterocycles. The first-order valence-corrected chi connectivity index (χ1v) is 8.06. The van der Waals surface area contributed by atoms with Gasteiger partial charge in [-0.15, -0.1) is 0 Å². The lowest BCUT2D eigenvalue weighted by molar-refractivity contribution is -0.151. The molecule has 0 aromatic rings. The molecule has 0 aliphatic carbocycles. The van der Waals surface area contributed by atoms with E-state index in [1.165, 1.54) is 0 Å². The summed E-state index contributed by atoms with van der Waals surface area (Å²) < 4.78 is 0. The SMILES string of the molecule is CCCC1C(=O)NC(C(C)CC)C(=O)N1CC(C)CC. The Kier molecular flexibility index (Phi) is 6.50. The number of carbonyl (C=O) groups is 2. The van der Waals surface area contributed by atoms with E-state index in [4.69, 9.17) is 0 Å². The van der Waals surface area contributed by atoms with Crippen LogP contribution in [0.15, 0.2) is 0 Å². The predicted molar refractivity (Wildman–Crippen MR) is 81.2 cm³/mol. The number of piperazine rings is 1. The first-order chi connectivity index (χ1) is 9.46. The zero-order chi connectivity index (χ0) is 15.3. The molecule has 0 aromatic heterocycles. The molecule has 1 heterocycles. The monoisotopic (exact) mass is 282 g/mol. The number of hydrogen-bond donors (Lipinski definition) is 1. The van der Waals surface area contributed by atoms with Crippen molar-refractivity contribution in [1.82, 2.24) is 10.2 Å². The van der Waals surface area contributed by atoms with Gasteiger partial charge in [0.15, 0.2) is 0 Å². The Hall–Kier alpha value is -1.06. The zero-order valence-electron chi connectivity index (χ0n) is 13.6. The number of amides is 2. The third-order valence-corrected chi connectivity index (χ3v) is 4.51. The van der Waals surface area contributed by atoms with Crippen molar-refractivity contribution in [2.24, 2.45) is 11.8 Å². The predicted octanol–water partition coefficient (Wildman–Crippen LogP) is 2.57. The fourth-order valence-corrected chi connectivity index (χ4v) is 2.65. The molecule has 0 aromatic carbocycles. The van der Waals surface area contributed by atoms with Gasteiger partial charge in [-0.3, -0.25) is 9.59 Å². The molecular formula is C16H30N2O2. The van der Waals surface area contributed by atoms with Gasteiger partial charge in [-0.1, -0.05) is 53.9 Å². The van der Waals surface area contributed by atoms with Gasteiger partial charge in [-0.2, -0.15) is 0 Å². The second-order valence-electron chi connectivity index (χ2n) is 6.18. The van der Waals surface area contributed by atoms with Crippen LogP contribution < -0.4 is 5.32 Å². The van der Waals surface area contributed by atoms with E-state index in [-0.39, 0.29) is 29.8 Å². The Morgan fingerprint density at radius 1 is 1.15 bits per heavy atom. The van der Waals surface area contributed by atoms with Gasteiger partial charge >= 0.3 is 0 Å². The number of nitrogens with one attached hydrogen (secondary N) is 1. The third-order valence-electron chi connectivity index (χ3n) is 4.51. The normalized spacial score (nSPS) is 26.4. The van der Waals surface area contributed by atoms with Crippen LogP contribution in [0.25, 0.3) is 0 Å². The molecule has 4 atom stereocenters. The van der Waals surface area contributed by atoms with Gasteiger partial charge in [0.05, 0.1) is 0 Å². The van der Waals surface area contributed by atoms with Crippen LogP contribution in [-0.4, -0.2) is 35.3 Å². The first-order valence-electron chi connectivity index (χ1n) is 8.06. The maximum atomic E-state index is 12.7. The summed E-state index contributed by atoms with van der Waals surface area (Å²) in [7, 11) is 0. The number of carbonyl (C=O) groups excluding carboxylic acids is 2. The van der Waals surface area contributed by atoms with Crippen molar-refractivity contribution in [2.45, 2.75) is 72.4 Å². The van der Waals surface area contributed by atoms with E-state index in [1.807, 2.05) is 11.8 Å². The van der Waals surface area contributed by atoms with Gasteiger partial charge in [0.1, 0.15) is 12.1 Å². The maximum absolute atomic E-state index is 12.7. The minimum Gasteiger partial charge on any atom is -0.342 e. The number of rotatable bonds is 7. The van der Waals surface area contributed by atoms with Crippen LogP contribution in [0.1, 0.15) is 60.3 Å². The Morgan fingerprint density at radius 3 is 2.30 bits per heavy atom. The van der Waals surface area contributed by atoms with Crippen LogP contribution in [0.5, 0.6) is 0 Å². The molecule has 0 saturated carbocycles. The van der Waals surface area contributed by atoms with Crippen LogP contribution in [0, 0.1) is 11.8 Å². The largest absolute Gasteiger partial charge is 0.342 e. The van der Waals surface area contributed by atoms with Gasteiger partial charge in [0, 0.05) is 6.54 Å². The van der Waals surface area contributed by atoms with Gasteiger partial charge in [-0.05, 0) is 18.3 Å². The van der Waals surface area contributed by atoms with Crippen molar-refractivity contribution in [3.63, 3.8) is 0 Å². The van der Waals surface area contributed by atoms with E-state index < -0.39 is 0 Å². The topological polar surface area (TPSA) is 49.4 Å². The Morgan fingerprint density at radius 2 is 1.80 bits per heavy atom. The highest BCUT2D eigenvalue weighted by molar-refractivity contribution is 5.97. The molecule has 1 aliphatic rings. The molecular weight excluding hydrogens is 252 g/mol. The minimum absolute atomic E-state index is 0.0278. The van der Waals surface area contributed by atoms with Crippen LogP contribution in [0.4, 0.5) is 0 Å². The average Bonchev–Trinajstić information content (AvgIpc) is 2.45. The van der Waals surface area contributed by atoms with E-state index in [1.54, 1.807) is 0 Å². The fraction of sp³-hybridized carbons (Fsp3) is 0.875. The van der Waals surface area contributed by atoms with Crippen LogP contribution >= 0.6 is 0 Å². The molecule has 4 nitrogen and oxygen atoms in total. The van der Waals surface area contributed by atoms with E-state index in [2.05, 4.69) is 33.0 Å². The second-order valence-corrected chi connectivity index (χ2v) is 6.18. The number of nitrogens with zero attached hydrogens (tertiary/aromatic N) is 1. The van der Waals surface area contributed by atoms with Crippen molar-refractivity contribution in [3.05, 3.63) is 0 Å². The van der Waals surface area contributed by atoms with E-state index in [0.717, 1.165) is 25.7 Å². The summed E-state index contributed by atoms with van der Waals surface area (Å²) in [4.78, 5) is 26.9. The summed E-state index contributed by atoms with van der Waals surface area (Å²) in [6, 6.07) is -0.619. The molecule has 0 spiro atoms. The number of hydrogen-bond acceptors (Lipinski definition) is 2. The van der Waals surface area contributed by atoms with Gasteiger partial charge in [0.2, 0.25) is 11.8 Å². The molecule has 1 N–H and O–H groups in total. The minimum atomic E-state index is -0.343. The Balaban J connectivity index is 2.94. The Bertz CT molecular complexity index is 343. The van der Waals surface area contributed by atoms with Crippen LogP contribution in [0.2, 0.25) is 0 Å². The standard InChI is InChI=1S/C16H30N2O2/c1-6-9-13-15(19)17-14(12(5)8-3)16(20)18(13)10-11(4)7-2/h11-14H,6-10H2,1-5H3,(H,17,19). The molecule has 116 valence electrons. The second kappa shape index (κ2) is 7.65. The molecule has 1 fully saturated rings. The third kappa shape index (κ3) is 3.74. The van der Waals surface area contributed by atoms with Crippen molar-refractivity contribution in [2.75, 3.05) is 6.54 Å². The van der Waals surface area contributed by atoms with Crippen molar-refractivity contribution in [1.29, 1.82) is 0 Å². The zero-order valence-corrected chi connectivity index (χ0v) is 13.6. The van der Waals surface area contributed by atoms with Gasteiger partial charge in [-0.25, -0.2) is 0 Å². The van der Waals surface area contributed by atoms with Crippen molar-refractivity contribution in [3.8, 4) is 0 Å². The molecule has 4 heteroatoms. The van der Waals surface area contributed by atoms with E-state index in [9.17, 15) is 9.59 Å². The van der Waals surface area contributed by atoms with Gasteiger partial charge in [0.25, 0.3) is 0 Å². The Labute approximate surface area is 123 Å². The lowest BCUT2D eigenvalue weighted by Gasteiger charge is -2.41. The average molecular weight is 282 g/mol. The molecule has 1 saturated heterocycles.